The third-order valence-electron chi connectivity index (χ3n) is 5.67. The van der Waals surface area contributed by atoms with Crippen LogP contribution in [0.5, 0.6) is 0 Å². The summed E-state index contributed by atoms with van der Waals surface area (Å²) in [5, 5.41) is 6.45. The van der Waals surface area contributed by atoms with Crippen LogP contribution in [0.3, 0.4) is 0 Å². The van der Waals surface area contributed by atoms with Crippen molar-refractivity contribution in [3.05, 3.63) is 51.8 Å². The Hall–Kier alpha value is -2.36. The summed E-state index contributed by atoms with van der Waals surface area (Å²) < 4.78 is 17.0. The average molecular weight is 515 g/mol. The summed E-state index contributed by atoms with van der Waals surface area (Å²) in [5.74, 6) is 0.644. The summed E-state index contributed by atoms with van der Waals surface area (Å²) in [6.45, 7) is 11.2. The summed E-state index contributed by atoms with van der Waals surface area (Å²) in [7, 11) is -0.996. The Morgan fingerprint density at radius 3 is 2.84 bits per heavy atom. The molecular weight excluding hydrogens is 488 g/mol. The van der Waals surface area contributed by atoms with E-state index in [1.807, 2.05) is 43.4 Å². The van der Waals surface area contributed by atoms with Crippen LogP contribution in [0, 0.1) is 0 Å². The molecule has 0 amide bonds. The SMILES string of the molecule is C=CC=c1cc(-c2cnn3c(N)c(Br)c(C4CCN(S(=O)C(C)C)C4)nc23)cnc1=CC. The van der Waals surface area contributed by atoms with Crippen LogP contribution in [0.25, 0.3) is 28.9 Å². The normalized spacial score (nSPS) is 19.3. The standard InChI is InChI=1S/C23H27BrN6OS/c1-5-7-15-10-17(11-26-19(15)6-2)18-12-27-30-22(25)20(24)21(28-23(18)30)16-8-9-29(13-16)32(31)14(3)4/h5-7,10-12,14,16H,1,8-9,13,25H2,2-4H3. The number of pyridine rings is 1. The lowest BCUT2D eigenvalue weighted by atomic mass is 10.0. The lowest BCUT2D eigenvalue weighted by molar-refractivity contribution is 0.521. The molecule has 1 saturated heterocycles. The van der Waals surface area contributed by atoms with E-state index in [2.05, 4.69) is 38.7 Å². The molecule has 2 atom stereocenters. The Balaban J connectivity index is 1.81. The summed E-state index contributed by atoms with van der Waals surface area (Å²) >= 11 is 3.64. The average Bonchev–Trinajstić information content (AvgIpc) is 3.43. The molecule has 0 spiro atoms. The molecule has 32 heavy (non-hydrogen) atoms. The molecule has 0 bridgehead atoms. The highest BCUT2D eigenvalue weighted by Crippen LogP contribution is 2.36. The van der Waals surface area contributed by atoms with Crippen LogP contribution in [-0.2, 0) is 11.0 Å². The maximum absolute atomic E-state index is 12.6. The molecule has 9 heteroatoms. The van der Waals surface area contributed by atoms with Gasteiger partial charge >= 0.3 is 0 Å². The van der Waals surface area contributed by atoms with Gasteiger partial charge in [-0.25, -0.2) is 13.5 Å². The first-order chi connectivity index (χ1) is 15.3. The Kier molecular flexibility index (Phi) is 6.60. The minimum atomic E-state index is -0.996. The van der Waals surface area contributed by atoms with Crippen LogP contribution in [0.4, 0.5) is 5.82 Å². The molecule has 0 aromatic carbocycles. The molecule has 0 saturated carbocycles. The molecule has 1 aliphatic rings. The molecule has 1 aliphatic heterocycles. The van der Waals surface area contributed by atoms with Gasteiger partial charge in [0.1, 0.15) is 5.82 Å². The van der Waals surface area contributed by atoms with Gasteiger partial charge in [0, 0.05) is 46.8 Å². The highest BCUT2D eigenvalue weighted by Gasteiger charge is 2.32. The molecule has 2 unspecified atom stereocenters. The lowest BCUT2D eigenvalue weighted by Gasteiger charge is -2.18. The van der Waals surface area contributed by atoms with Crippen LogP contribution in [0.15, 0.2) is 35.6 Å². The number of hydrogen-bond acceptors (Lipinski definition) is 5. The predicted octanol–water partition coefficient (Wildman–Crippen LogP) is 2.76. The topological polar surface area (TPSA) is 89.4 Å². The zero-order valence-corrected chi connectivity index (χ0v) is 20.9. The first kappa shape index (κ1) is 22.8. The van der Waals surface area contributed by atoms with Crippen molar-refractivity contribution in [1.29, 1.82) is 0 Å². The summed E-state index contributed by atoms with van der Waals surface area (Å²) in [5.41, 5.74) is 9.78. The highest BCUT2D eigenvalue weighted by molar-refractivity contribution is 9.10. The van der Waals surface area contributed by atoms with Crippen molar-refractivity contribution >= 4 is 50.5 Å². The molecule has 4 rings (SSSR count). The smallest absolute Gasteiger partial charge is 0.165 e. The van der Waals surface area contributed by atoms with Gasteiger partial charge in [0.15, 0.2) is 5.65 Å². The molecule has 3 aromatic rings. The van der Waals surface area contributed by atoms with Gasteiger partial charge in [-0.05, 0) is 49.2 Å². The van der Waals surface area contributed by atoms with E-state index in [-0.39, 0.29) is 11.2 Å². The number of fused-ring (bicyclic) bond motifs is 1. The van der Waals surface area contributed by atoms with Gasteiger partial charge in [-0.3, -0.25) is 4.98 Å². The number of nitrogens with two attached hydrogens (primary N) is 1. The Bertz CT molecular complexity index is 1330. The fourth-order valence-electron chi connectivity index (χ4n) is 4.04. The van der Waals surface area contributed by atoms with Crippen LogP contribution >= 0.6 is 15.9 Å². The molecule has 3 aromatic heterocycles. The number of nitrogen functional groups attached to an aromatic ring is 1. The second-order valence-electron chi connectivity index (χ2n) is 8.08. The molecule has 7 nitrogen and oxygen atoms in total. The number of aromatic nitrogens is 4. The zero-order chi connectivity index (χ0) is 23.0. The third kappa shape index (κ3) is 4.04. The zero-order valence-electron chi connectivity index (χ0n) is 18.5. The number of halogens is 1. The minimum absolute atomic E-state index is 0.0940. The maximum atomic E-state index is 12.6. The second-order valence-corrected chi connectivity index (χ2v) is 10.9. The molecule has 1 fully saturated rings. The minimum Gasteiger partial charge on any atom is -0.383 e. The molecule has 0 radical (unpaired) electrons. The van der Waals surface area contributed by atoms with Crippen molar-refractivity contribution in [2.24, 2.45) is 0 Å². The van der Waals surface area contributed by atoms with Gasteiger partial charge in [-0.15, -0.1) is 0 Å². The van der Waals surface area contributed by atoms with Crippen molar-refractivity contribution in [2.45, 2.75) is 38.4 Å². The molecular formula is C23H27BrN6OS. The summed E-state index contributed by atoms with van der Waals surface area (Å²) in [4.78, 5) is 9.58. The predicted molar refractivity (Wildman–Crippen MR) is 135 cm³/mol. The number of anilines is 1. The first-order valence-corrected chi connectivity index (χ1v) is 12.6. The van der Waals surface area contributed by atoms with E-state index < -0.39 is 11.0 Å². The van der Waals surface area contributed by atoms with E-state index in [1.54, 1.807) is 16.8 Å². The second kappa shape index (κ2) is 9.25. The van der Waals surface area contributed by atoms with E-state index in [4.69, 9.17) is 10.7 Å². The molecule has 168 valence electrons. The van der Waals surface area contributed by atoms with Gasteiger partial charge in [-0.2, -0.15) is 9.61 Å². The van der Waals surface area contributed by atoms with Gasteiger partial charge in [0.2, 0.25) is 0 Å². The monoisotopic (exact) mass is 514 g/mol. The third-order valence-corrected chi connectivity index (χ3v) is 8.13. The molecule has 0 aliphatic carbocycles. The van der Waals surface area contributed by atoms with E-state index >= 15 is 0 Å². The number of allylic oxidation sites excluding steroid dienone is 1. The van der Waals surface area contributed by atoms with Crippen molar-refractivity contribution in [3.8, 4) is 11.1 Å². The highest BCUT2D eigenvalue weighted by atomic mass is 79.9. The van der Waals surface area contributed by atoms with Crippen LogP contribution < -0.4 is 16.3 Å². The van der Waals surface area contributed by atoms with Gasteiger partial charge in [0.25, 0.3) is 0 Å². The lowest BCUT2D eigenvalue weighted by Crippen LogP contribution is -2.28. The first-order valence-electron chi connectivity index (χ1n) is 10.6. The van der Waals surface area contributed by atoms with Crippen molar-refractivity contribution < 1.29 is 4.21 Å². The van der Waals surface area contributed by atoms with E-state index in [9.17, 15) is 4.21 Å². The Morgan fingerprint density at radius 2 is 2.16 bits per heavy atom. The van der Waals surface area contributed by atoms with Crippen molar-refractivity contribution in [1.82, 2.24) is 23.9 Å². The summed E-state index contributed by atoms with van der Waals surface area (Å²) in [6, 6.07) is 2.06. The van der Waals surface area contributed by atoms with Crippen LogP contribution in [0.1, 0.15) is 38.8 Å². The van der Waals surface area contributed by atoms with Gasteiger partial charge in [0.05, 0.1) is 32.7 Å². The van der Waals surface area contributed by atoms with E-state index in [0.29, 0.717) is 18.0 Å². The van der Waals surface area contributed by atoms with Crippen LogP contribution in [-0.4, -0.2) is 46.4 Å². The number of rotatable bonds is 5. The van der Waals surface area contributed by atoms with E-state index in [1.165, 1.54) is 0 Å². The quantitative estimate of drug-likeness (QED) is 0.565. The number of nitrogens with zero attached hydrogens (tertiary/aromatic N) is 5. The maximum Gasteiger partial charge on any atom is 0.165 e. The van der Waals surface area contributed by atoms with Gasteiger partial charge in [-0.1, -0.05) is 24.8 Å². The van der Waals surface area contributed by atoms with Crippen molar-refractivity contribution in [2.75, 3.05) is 18.8 Å². The van der Waals surface area contributed by atoms with Crippen molar-refractivity contribution in [3.63, 3.8) is 0 Å². The largest absolute Gasteiger partial charge is 0.383 e. The van der Waals surface area contributed by atoms with Gasteiger partial charge < -0.3 is 5.73 Å². The molecule has 2 N–H and O–H groups in total. The Labute approximate surface area is 198 Å². The van der Waals surface area contributed by atoms with Crippen LogP contribution in [0.2, 0.25) is 0 Å². The fourth-order valence-corrected chi connectivity index (χ4v) is 5.83. The molecule has 4 heterocycles. The van der Waals surface area contributed by atoms with E-state index in [0.717, 1.165) is 44.8 Å². The fraction of sp³-hybridized carbons (Fsp3) is 0.348. The summed E-state index contributed by atoms with van der Waals surface area (Å²) in [6.07, 6.45) is 10.1. The Morgan fingerprint density at radius 1 is 1.38 bits per heavy atom. The number of hydrogen-bond donors (Lipinski definition) is 1.